The van der Waals surface area contributed by atoms with Crippen LogP contribution in [0.1, 0.15) is 11.1 Å². The Bertz CT molecular complexity index is 804. The van der Waals surface area contributed by atoms with Gasteiger partial charge in [-0.1, -0.05) is 28.9 Å². The van der Waals surface area contributed by atoms with Crippen LogP contribution in [0.25, 0.3) is 16.7 Å². The standard InChI is InChI=1S/C15H14N4O/c1-10-6-7-13(11(8-10)15(16)18-20)19-9-17-12-4-2-3-5-14(12)19/h2-9,20H,1H3,(H2,16,18). The van der Waals surface area contributed by atoms with Gasteiger partial charge in [0.25, 0.3) is 0 Å². The van der Waals surface area contributed by atoms with Crippen molar-refractivity contribution in [2.75, 3.05) is 0 Å². The molecule has 0 saturated carbocycles. The monoisotopic (exact) mass is 266 g/mol. The lowest BCUT2D eigenvalue weighted by atomic mass is 10.1. The first kappa shape index (κ1) is 12.2. The van der Waals surface area contributed by atoms with Gasteiger partial charge in [-0.25, -0.2) is 4.98 Å². The zero-order valence-electron chi connectivity index (χ0n) is 11.0. The van der Waals surface area contributed by atoms with Gasteiger partial charge < -0.3 is 10.9 Å². The molecular weight excluding hydrogens is 252 g/mol. The molecule has 0 unspecified atom stereocenters. The Kier molecular flexibility index (Phi) is 2.87. The second-order valence-corrected chi connectivity index (χ2v) is 4.61. The second kappa shape index (κ2) is 4.70. The van der Waals surface area contributed by atoms with E-state index in [4.69, 9.17) is 10.9 Å². The zero-order chi connectivity index (χ0) is 14.1. The quantitative estimate of drug-likeness (QED) is 0.324. The molecule has 1 aromatic heterocycles. The third kappa shape index (κ3) is 1.89. The highest BCUT2D eigenvalue weighted by Crippen LogP contribution is 2.22. The lowest BCUT2D eigenvalue weighted by molar-refractivity contribution is 0.318. The number of fused-ring (bicyclic) bond motifs is 1. The lowest BCUT2D eigenvalue weighted by Gasteiger charge is -2.11. The summed E-state index contributed by atoms with van der Waals surface area (Å²) >= 11 is 0. The van der Waals surface area contributed by atoms with E-state index in [2.05, 4.69) is 10.1 Å². The largest absolute Gasteiger partial charge is 0.409 e. The Labute approximate surface area is 116 Å². The van der Waals surface area contributed by atoms with Crippen LogP contribution in [-0.2, 0) is 0 Å². The summed E-state index contributed by atoms with van der Waals surface area (Å²) in [6.07, 6.45) is 1.74. The summed E-state index contributed by atoms with van der Waals surface area (Å²) in [6.45, 7) is 1.96. The first-order valence-corrected chi connectivity index (χ1v) is 6.21. The minimum atomic E-state index is 0.0847. The minimum absolute atomic E-state index is 0.0847. The molecule has 0 atom stereocenters. The van der Waals surface area contributed by atoms with E-state index >= 15 is 0 Å². The molecule has 5 nitrogen and oxygen atoms in total. The number of nitrogens with two attached hydrogens (primary N) is 1. The molecule has 2 aromatic carbocycles. The predicted octanol–water partition coefficient (Wildman–Crippen LogP) is 2.43. The molecule has 3 N–H and O–H groups in total. The van der Waals surface area contributed by atoms with Crippen molar-refractivity contribution in [2.24, 2.45) is 10.9 Å². The molecular formula is C15H14N4O. The van der Waals surface area contributed by atoms with Crippen LogP contribution in [0.15, 0.2) is 53.9 Å². The maximum absolute atomic E-state index is 8.95. The van der Waals surface area contributed by atoms with Crippen molar-refractivity contribution in [2.45, 2.75) is 6.92 Å². The Morgan fingerprint density at radius 3 is 2.85 bits per heavy atom. The fourth-order valence-corrected chi connectivity index (χ4v) is 2.27. The van der Waals surface area contributed by atoms with E-state index in [9.17, 15) is 0 Å². The summed E-state index contributed by atoms with van der Waals surface area (Å²) < 4.78 is 1.93. The SMILES string of the molecule is Cc1ccc(-n2cnc3ccccc32)c(/C(N)=N/O)c1. The second-order valence-electron chi connectivity index (χ2n) is 4.61. The van der Waals surface area contributed by atoms with Crippen LogP contribution in [0.3, 0.4) is 0 Å². The molecule has 0 amide bonds. The Morgan fingerprint density at radius 1 is 1.25 bits per heavy atom. The molecule has 5 heteroatoms. The number of nitrogens with zero attached hydrogens (tertiary/aromatic N) is 3. The summed E-state index contributed by atoms with van der Waals surface area (Å²) in [5.74, 6) is 0.0847. The first-order chi connectivity index (χ1) is 9.70. The van der Waals surface area contributed by atoms with Crippen molar-refractivity contribution >= 4 is 16.9 Å². The molecule has 3 aromatic rings. The number of amidine groups is 1. The third-order valence-corrected chi connectivity index (χ3v) is 3.25. The van der Waals surface area contributed by atoms with Gasteiger partial charge in [0.1, 0.15) is 6.33 Å². The van der Waals surface area contributed by atoms with E-state index in [0.29, 0.717) is 5.56 Å². The summed E-state index contributed by atoms with van der Waals surface area (Å²) in [7, 11) is 0. The van der Waals surface area contributed by atoms with E-state index in [0.717, 1.165) is 22.3 Å². The van der Waals surface area contributed by atoms with Gasteiger partial charge in [-0.3, -0.25) is 4.57 Å². The molecule has 0 saturated heterocycles. The summed E-state index contributed by atoms with van der Waals surface area (Å²) in [5.41, 5.74) is 10.2. The molecule has 0 radical (unpaired) electrons. The highest BCUT2D eigenvalue weighted by atomic mass is 16.4. The third-order valence-electron chi connectivity index (χ3n) is 3.25. The van der Waals surface area contributed by atoms with E-state index in [1.165, 1.54) is 0 Å². The number of para-hydroxylation sites is 2. The van der Waals surface area contributed by atoms with Gasteiger partial charge in [0.15, 0.2) is 5.84 Å². The number of rotatable bonds is 2. The van der Waals surface area contributed by atoms with Crippen molar-refractivity contribution in [1.29, 1.82) is 0 Å². The van der Waals surface area contributed by atoms with E-state index in [1.54, 1.807) is 6.33 Å². The maximum atomic E-state index is 8.95. The molecule has 1 heterocycles. The number of hydrogen-bond donors (Lipinski definition) is 2. The number of benzene rings is 2. The van der Waals surface area contributed by atoms with E-state index in [1.807, 2.05) is 54.0 Å². The van der Waals surface area contributed by atoms with Crippen molar-refractivity contribution in [3.8, 4) is 5.69 Å². The van der Waals surface area contributed by atoms with Gasteiger partial charge in [0.05, 0.1) is 16.7 Å². The zero-order valence-corrected chi connectivity index (χ0v) is 11.0. The maximum Gasteiger partial charge on any atom is 0.172 e. The molecule has 0 bridgehead atoms. The Hall–Kier alpha value is -2.82. The highest BCUT2D eigenvalue weighted by Gasteiger charge is 2.11. The number of oxime groups is 1. The Balaban J connectivity index is 2.29. The Morgan fingerprint density at radius 2 is 2.05 bits per heavy atom. The summed E-state index contributed by atoms with van der Waals surface area (Å²) in [4.78, 5) is 4.36. The minimum Gasteiger partial charge on any atom is -0.409 e. The van der Waals surface area contributed by atoms with Crippen LogP contribution in [0, 0.1) is 6.92 Å². The molecule has 100 valence electrons. The average molecular weight is 266 g/mol. The summed E-state index contributed by atoms with van der Waals surface area (Å²) in [5, 5.41) is 12.1. The van der Waals surface area contributed by atoms with Gasteiger partial charge in [-0.15, -0.1) is 0 Å². The molecule has 0 fully saturated rings. The van der Waals surface area contributed by atoms with Gasteiger partial charge in [-0.05, 0) is 31.2 Å². The molecule has 0 spiro atoms. The molecule has 0 aliphatic carbocycles. The number of aryl methyl sites for hydroxylation is 1. The van der Waals surface area contributed by atoms with Gasteiger partial charge >= 0.3 is 0 Å². The number of aromatic nitrogens is 2. The lowest BCUT2D eigenvalue weighted by Crippen LogP contribution is -2.16. The average Bonchev–Trinajstić information content (AvgIpc) is 2.90. The van der Waals surface area contributed by atoms with Crippen molar-refractivity contribution < 1.29 is 5.21 Å². The first-order valence-electron chi connectivity index (χ1n) is 6.21. The molecule has 3 rings (SSSR count). The van der Waals surface area contributed by atoms with Crippen molar-refractivity contribution in [3.63, 3.8) is 0 Å². The normalized spacial score (nSPS) is 11.9. The van der Waals surface area contributed by atoms with Crippen molar-refractivity contribution in [3.05, 3.63) is 59.9 Å². The molecule has 20 heavy (non-hydrogen) atoms. The fourth-order valence-electron chi connectivity index (χ4n) is 2.27. The van der Waals surface area contributed by atoms with Gasteiger partial charge in [0, 0.05) is 5.56 Å². The van der Waals surface area contributed by atoms with Gasteiger partial charge in [-0.2, -0.15) is 0 Å². The van der Waals surface area contributed by atoms with Crippen LogP contribution in [0.2, 0.25) is 0 Å². The van der Waals surface area contributed by atoms with Crippen LogP contribution < -0.4 is 5.73 Å². The summed E-state index contributed by atoms with van der Waals surface area (Å²) in [6, 6.07) is 13.6. The molecule has 0 aliphatic heterocycles. The van der Waals surface area contributed by atoms with E-state index < -0.39 is 0 Å². The number of hydrogen-bond acceptors (Lipinski definition) is 3. The van der Waals surface area contributed by atoms with Crippen LogP contribution >= 0.6 is 0 Å². The molecule has 0 aliphatic rings. The van der Waals surface area contributed by atoms with Crippen molar-refractivity contribution in [1.82, 2.24) is 9.55 Å². The van der Waals surface area contributed by atoms with Crippen LogP contribution in [0.5, 0.6) is 0 Å². The predicted molar refractivity (Wildman–Crippen MR) is 78.3 cm³/mol. The highest BCUT2D eigenvalue weighted by molar-refractivity contribution is 6.01. The number of imidazole rings is 1. The van der Waals surface area contributed by atoms with Gasteiger partial charge in [0.2, 0.25) is 0 Å². The fraction of sp³-hybridized carbons (Fsp3) is 0.0667. The van der Waals surface area contributed by atoms with Crippen LogP contribution in [-0.4, -0.2) is 20.6 Å². The topological polar surface area (TPSA) is 76.4 Å². The van der Waals surface area contributed by atoms with E-state index in [-0.39, 0.29) is 5.84 Å². The van der Waals surface area contributed by atoms with Crippen LogP contribution in [0.4, 0.5) is 0 Å². The smallest absolute Gasteiger partial charge is 0.172 e.